The van der Waals surface area contributed by atoms with Gasteiger partial charge in [-0.25, -0.2) is 13.2 Å². The number of amides is 1. The summed E-state index contributed by atoms with van der Waals surface area (Å²) in [4.78, 5) is 29.3. The van der Waals surface area contributed by atoms with E-state index >= 15 is 0 Å². The van der Waals surface area contributed by atoms with Gasteiger partial charge in [-0.15, -0.1) is 0 Å². The second kappa shape index (κ2) is 8.32. The summed E-state index contributed by atoms with van der Waals surface area (Å²) in [5.74, 6) is -4.92. The Bertz CT molecular complexity index is 1440. The summed E-state index contributed by atoms with van der Waals surface area (Å²) in [5, 5.41) is 11.8. The predicted octanol–water partition coefficient (Wildman–Crippen LogP) is 5.01. The number of benzene rings is 3. The van der Waals surface area contributed by atoms with Gasteiger partial charge in [0.15, 0.2) is 17.4 Å². The van der Waals surface area contributed by atoms with E-state index in [1.807, 2.05) is 6.07 Å². The van der Waals surface area contributed by atoms with Crippen molar-refractivity contribution >= 4 is 28.3 Å². The SMILES string of the molecule is N#Cc1cnc2ccc(C(=O)c3cc(NC(=O)c4cccc(F)c4)cc(F)c3F)cc2c1. The van der Waals surface area contributed by atoms with Gasteiger partial charge in [0.25, 0.3) is 5.91 Å². The monoisotopic (exact) mass is 431 g/mol. The van der Waals surface area contributed by atoms with E-state index in [9.17, 15) is 22.8 Å². The van der Waals surface area contributed by atoms with E-state index in [2.05, 4.69) is 10.3 Å². The zero-order chi connectivity index (χ0) is 22.8. The third-order valence-electron chi connectivity index (χ3n) is 4.69. The van der Waals surface area contributed by atoms with Crippen LogP contribution in [0.4, 0.5) is 18.9 Å². The first-order valence-corrected chi connectivity index (χ1v) is 9.26. The van der Waals surface area contributed by atoms with E-state index in [1.165, 1.54) is 42.6 Å². The number of nitriles is 1. The van der Waals surface area contributed by atoms with Crippen LogP contribution >= 0.6 is 0 Å². The molecule has 4 aromatic rings. The third kappa shape index (κ3) is 4.04. The van der Waals surface area contributed by atoms with Crippen molar-refractivity contribution in [2.24, 2.45) is 0 Å². The van der Waals surface area contributed by atoms with E-state index < -0.39 is 34.7 Å². The first kappa shape index (κ1) is 20.8. The Balaban J connectivity index is 1.69. The largest absolute Gasteiger partial charge is 0.322 e. The fourth-order valence-electron chi connectivity index (χ4n) is 3.15. The Morgan fingerprint density at radius 1 is 0.938 bits per heavy atom. The standard InChI is InChI=1S/C24H12F3N3O2/c25-17-3-1-2-15(8-17)24(32)30-18-9-19(22(27)20(26)10-18)23(31)14-4-5-21-16(7-14)6-13(11-28)12-29-21/h1-10,12H,(H,30,32). The first-order chi connectivity index (χ1) is 15.4. The van der Waals surface area contributed by atoms with Crippen molar-refractivity contribution < 1.29 is 22.8 Å². The molecule has 0 saturated heterocycles. The number of halogens is 3. The molecule has 0 aliphatic heterocycles. The zero-order valence-corrected chi connectivity index (χ0v) is 16.2. The van der Waals surface area contributed by atoms with Crippen LogP contribution in [-0.4, -0.2) is 16.7 Å². The molecule has 32 heavy (non-hydrogen) atoms. The van der Waals surface area contributed by atoms with Crippen molar-refractivity contribution in [2.75, 3.05) is 5.32 Å². The Labute approximate surface area is 179 Å². The van der Waals surface area contributed by atoms with Crippen LogP contribution in [0, 0.1) is 28.8 Å². The maximum absolute atomic E-state index is 14.5. The Morgan fingerprint density at radius 2 is 1.75 bits per heavy atom. The minimum Gasteiger partial charge on any atom is -0.322 e. The topological polar surface area (TPSA) is 82.8 Å². The lowest BCUT2D eigenvalue weighted by Gasteiger charge is -2.10. The second-order valence-corrected chi connectivity index (χ2v) is 6.86. The van der Waals surface area contributed by atoms with E-state index in [0.29, 0.717) is 10.9 Å². The van der Waals surface area contributed by atoms with Gasteiger partial charge in [-0.2, -0.15) is 5.26 Å². The van der Waals surface area contributed by atoms with Crippen LogP contribution in [0.3, 0.4) is 0 Å². The zero-order valence-electron chi connectivity index (χ0n) is 16.2. The molecule has 1 amide bonds. The molecule has 0 radical (unpaired) electrons. The Morgan fingerprint density at radius 3 is 2.50 bits per heavy atom. The number of rotatable bonds is 4. The molecular formula is C24H12F3N3O2. The summed E-state index contributed by atoms with van der Waals surface area (Å²) < 4.78 is 42.0. The van der Waals surface area contributed by atoms with Gasteiger partial charge in [0.05, 0.1) is 16.6 Å². The highest BCUT2D eigenvalue weighted by atomic mass is 19.2. The van der Waals surface area contributed by atoms with Crippen LogP contribution in [0.5, 0.6) is 0 Å². The highest BCUT2D eigenvalue weighted by Crippen LogP contribution is 2.24. The molecule has 1 heterocycles. The molecule has 0 unspecified atom stereocenters. The van der Waals surface area contributed by atoms with Gasteiger partial charge in [-0.1, -0.05) is 6.07 Å². The number of nitrogens with zero attached hydrogens (tertiary/aromatic N) is 2. The minimum atomic E-state index is -1.37. The Kier molecular flexibility index (Phi) is 5.39. The molecule has 0 fully saturated rings. The highest BCUT2D eigenvalue weighted by molar-refractivity contribution is 6.12. The van der Waals surface area contributed by atoms with Crippen LogP contribution in [-0.2, 0) is 0 Å². The van der Waals surface area contributed by atoms with Crippen molar-refractivity contribution in [2.45, 2.75) is 0 Å². The quantitative estimate of drug-likeness (QED) is 0.461. The number of hydrogen-bond donors (Lipinski definition) is 1. The van der Waals surface area contributed by atoms with Crippen LogP contribution in [0.1, 0.15) is 31.8 Å². The maximum atomic E-state index is 14.5. The van der Waals surface area contributed by atoms with Crippen molar-refractivity contribution in [1.29, 1.82) is 5.26 Å². The van der Waals surface area contributed by atoms with Crippen LogP contribution in [0.15, 0.2) is 66.9 Å². The van der Waals surface area contributed by atoms with Crippen molar-refractivity contribution in [3.63, 3.8) is 0 Å². The maximum Gasteiger partial charge on any atom is 0.255 e. The van der Waals surface area contributed by atoms with E-state index in [4.69, 9.17) is 5.26 Å². The fraction of sp³-hybridized carbons (Fsp3) is 0. The number of carbonyl (C=O) groups excluding carboxylic acids is 2. The third-order valence-corrected chi connectivity index (χ3v) is 4.69. The van der Waals surface area contributed by atoms with Gasteiger partial charge in [-0.05, 0) is 48.5 Å². The van der Waals surface area contributed by atoms with Gasteiger partial charge < -0.3 is 5.32 Å². The number of hydrogen-bond acceptors (Lipinski definition) is 4. The van der Waals surface area contributed by atoms with Gasteiger partial charge in [0, 0.05) is 34.5 Å². The molecule has 1 N–H and O–H groups in total. The molecule has 8 heteroatoms. The number of ketones is 1. The lowest BCUT2D eigenvalue weighted by atomic mass is 10.00. The number of pyridine rings is 1. The molecule has 5 nitrogen and oxygen atoms in total. The lowest BCUT2D eigenvalue weighted by Crippen LogP contribution is -2.14. The average Bonchev–Trinajstić information content (AvgIpc) is 2.80. The fourth-order valence-corrected chi connectivity index (χ4v) is 3.15. The average molecular weight is 431 g/mol. The number of anilines is 1. The van der Waals surface area contributed by atoms with E-state index in [-0.39, 0.29) is 22.4 Å². The summed E-state index contributed by atoms with van der Waals surface area (Å²) >= 11 is 0. The lowest BCUT2D eigenvalue weighted by molar-refractivity contribution is 0.101. The van der Waals surface area contributed by atoms with Crippen molar-refractivity contribution in [3.8, 4) is 6.07 Å². The normalized spacial score (nSPS) is 10.6. The number of nitrogens with one attached hydrogen (secondary N) is 1. The minimum absolute atomic E-state index is 0.0297. The summed E-state index contributed by atoms with van der Waals surface area (Å²) in [6, 6.07) is 14.4. The van der Waals surface area contributed by atoms with E-state index in [0.717, 1.165) is 24.3 Å². The van der Waals surface area contributed by atoms with Crippen LogP contribution < -0.4 is 5.32 Å². The number of aromatic nitrogens is 1. The summed E-state index contributed by atoms with van der Waals surface area (Å²) in [5.41, 5.74) is 0.0444. The molecule has 0 aliphatic carbocycles. The summed E-state index contributed by atoms with van der Waals surface area (Å²) in [7, 11) is 0. The molecule has 0 bridgehead atoms. The summed E-state index contributed by atoms with van der Waals surface area (Å²) in [6.07, 6.45) is 1.38. The molecule has 156 valence electrons. The molecule has 0 atom stereocenters. The predicted molar refractivity (Wildman–Crippen MR) is 111 cm³/mol. The van der Waals surface area contributed by atoms with Crippen LogP contribution in [0.25, 0.3) is 10.9 Å². The molecule has 1 aromatic heterocycles. The first-order valence-electron chi connectivity index (χ1n) is 9.26. The smallest absolute Gasteiger partial charge is 0.255 e. The number of fused-ring (bicyclic) bond motifs is 1. The molecule has 4 rings (SSSR count). The molecule has 0 saturated carbocycles. The molecule has 3 aromatic carbocycles. The number of carbonyl (C=O) groups is 2. The van der Waals surface area contributed by atoms with Gasteiger partial charge in [0.2, 0.25) is 0 Å². The molecular weight excluding hydrogens is 419 g/mol. The second-order valence-electron chi connectivity index (χ2n) is 6.86. The summed E-state index contributed by atoms with van der Waals surface area (Å²) in [6.45, 7) is 0. The van der Waals surface area contributed by atoms with Crippen molar-refractivity contribution in [3.05, 3.63) is 107 Å². The van der Waals surface area contributed by atoms with Crippen LogP contribution in [0.2, 0.25) is 0 Å². The van der Waals surface area contributed by atoms with Gasteiger partial charge in [-0.3, -0.25) is 14.6 Å². The van der Waals surface area contributed by atoms with E-state index in [1.54, 1.807) is 0 Å². The highest BCUT2D eigenvalue weighted by Gasteiger charge is 2.20. The van der Waals surface area contributed by atoms with Gasteiger partial charge >= 0.3 is 0 Å². The van der Waals surface area contributed by atoms with Gasteiger partial charge in [0.1, 0.15) is 11.9 Å². The molecule has 0 aliphatic rings. The molecule has 0 spiro atoms. The van der Waals surface area contributed by atoms with Crippen molar-refractivity contribution in [1.82, 2.24) is 4.98 Å². The Hall–Kier alpha value is -4.51.